The van der Waals surface area contributed by atoms with Gasteiger partial charge in [0.25, 0.3) is 0 Å². The van der Waals surface area contributed by atoms with Crippen molar-refractivity contribution >= 4 is 18.4 Å². The first-order chi connectivity index (χ1) is 14.1. The van der Waals surface area contributed by atoms with E-state index in [1.54, 1.807) is 0 Å². The standard InChI is InChI=1S/C28H22Si.2ClH.Zr/c1-29(2,27-15-7-13-23-21-11-5-3-9-19(21)17-25(23)27)28-16-8-14-24-22-12-6-4-10-20(22)18-26(24)28;;;/h3-16,21-22H,1-2H3;2*1H;/q-2;;;+4/p-2. The van der Waals surface area contributed by atoms with Crippen LogP contribution in [0.5, 0.6) is 0 Å². The van der Waals surface area contributed by atoms with Crippen molar-refractivity contribution in [2.75, 3.05) is 0 Å². The number of rotatable bonds is 2. The Kier molecular flexibility index (Phi) is 7.42. The van der Waals surface area contributed by atoms with Crippen LogP contribution in [0.1, 0.15) is 34.1 Å². The topological polar surface area (TPSA) is 0 Å². The van der Waals surface area contributed by atoms with Gasteiger partial charge in [0.05, 0.1) is 0 Å². The molecule has 0 amide bonds. The summed E-state index contributed by atoms with van der Waals surface area (Å²) < 4.78 is 0. The molecule has 6 rings (SSSR count). The SMILES string of the molecule is C[Si](C)(c1cccc2c1[C-]=C1C=CC=CC12)c1cccc2c1[C-]=C1C=CC=CC12.[Cl-].[Cl-].[Zr+4]. The molecule has 0 heterocycles. The minimum absolute atomic E-state index is 0. The number of fused-ring (bicyclic) bond motifs is 6. The van der Waals surface area contributed by atoms with Gasteiger partial charge in [0.15, 0.2) is 0 Å². The van der Waals surface area contributed by atoms with Crippen LogP contribution in [0.4, 0.5) is 0 Å². The van der Waals surface area contributed by atoms with Gasteiger partial charge in [-0.2, -0.15) is 0 Å². The van der Waals surface area contributed by atoms with E-state index in [0.717, 1.165) is 0 Å². The summed E-state index contributed by atoms with van der Waals surface area (Å²) in [7, 11) is -1.95. The molecular weight excluding hydrogens is 527 g/mol. The minimum Gasteiger partial charge on any atom is -1.00 e. The number of benzene rings is 2. The summed E-state index contributed by atoms with van der Waals surface area (Å²) in [6.07, 6.45) is 25.1. The third-order valence-corrected chi connectivity index (χ3v) is 10.3. The molecule has 0 aliphatic heterocycles. The molecule has 156 valence electrons. The van der Waals surface area contributed by atoms with Gasteiger partial charge in [-0.1, -0.05) is 49.5 Å². The fraction of sp³-hybridized carbons (Fsp3) is 0.143. The van der Waals surface area contributed by atoms with Gasteiger partial charge in [-0.05, 0) is 11.8 Å². The van der Waals surface area contributed by atoms with Crippen LogP contribution < -0.4 is 35.2 Å². The first kappa shape index (κ1) is 25.2. The van der Waals surface area contributed by atoms with Crippen molar-refractivity contribution < 1.29 is 51.0 Å². The zero-order chi connectivity index (χ0) is 19.6. The monoisotopic (exact) mass is 546 g/mol. The molecule has 0 fully saturated rings. The molecule has 2 aromatic rings. The fourth-order valence-electron chi connectivity index (χ4n) is 5.28. The van der Waals surface area contributed by atoms with E-state index in [2.05, 4.69) is 110 Å². The first-order valence-electron chi connectivity index (χ1n) is 10.4. The van der Waals surface area contributed by atoms with Crippen molar-refractivity contribution in [2.24, 2.45) is 0 Å². The second kappa shape index (κ2) is 9.43. The van der Waals surface area contributed by atoms with Crippen LogP contribution in [-0.2, 0) is 26.2 Å². The van der Waals surface area contributed by atoms with Crippen LogP contribution in [0.3, 0.4) is 0 Å². The van der Waals surface area contributed by atoms with Gasteiger partial charge in [0, 0.05) is 8.07 Å². The summed E-state index contributed by atoms with van der Waals surface area (Å²) in [6.45, 7) is 4.97. The van der Waals surface area contributed by atoms with E-state index in [0.29, 0.717) is 11.8 Å². The van der Waals surface area contributed by atoms with Crippen LogP contribution in [0.2, 0.25) is 13.1 Å². The Morgan fingerprint density at radius 1 is 0.656 bits per heavy atom. The molecule has 2 aromatic carbocycles. The molecule has 4 heteroatoms. The van der Waals surface area contributed by atoms with Crippen LogP contribution >= 0.6 is 0 Å². The van der Waals surface area contributed by atoms with Crippen LogP contribution in [0, 0.1) is 12.2 Å². The Balaban J connectivity index is 0.000000963. The molecule has 0 spiro atoms. The molecule has 0 bridgehead atoms. The molecule has 32 heavy (non-hydrogen) atoms. The zero-order valence-corrected chi connectivity index (χ0v) is 23.0. The summed E-state index contributed by atoms with van der Waals surface area (Å²) in [6, 6.07) is 13.7. The van der Waals surface area contributed by atoms with Crippen molar-refractivity contribution in [3.8, 4) is 0 Å². The number of hydrogen-bond acceptors (Lipinski definition) is 0. The van der Waals surface area contributed by atoms with Crippen molar-refractivity contribution in [2.45, 2.75) is 24.9 Å². The van der Waals surface area contributed by atoms with Crippen LogP contribution in [-0.4, -0.2) is 8.07 Å². The van der Waals surface area contributed by atoms with Gasteiger partial charge in [-0.3, -0.25) is 0 Å². The average molecular weight is 549 g/mol. The van der Waals surface area contributed by atoms with Gasteiger partial charge < -0.3 is 24.8 Å². The van der Waals surface area contributed by atoms with Crippen LogP contribution in [0.25, 0.3) is 0 Å². The second-order valence-corrected chi connectivity index (χ2v) is 13.1. The van der Waals surface area contributed by atoms with Crippen molar-refractivity contribution in [3.05, 3.63) is 131 Å². The van der Waals surface area contributed by atoms with E-state index >= 15 is 0 Å². The molecule has 0 radical (unpaired) electrons. The van der Waals surface area contributed by atoms with E-state index in [1.807, 2.05) is 0 Å². The molecular formula is C28H22Cl2SiZr. The quantitative estimate of drug-likeness (QED) is 0.338. The molecule has 4 aliphatic rings. The van der Waals surface area contributed by atoms with Gasteiger partial charge >= 0.3 is 26.2 Å². The molecule has 0 saturated carbocycles. The molecule has 0 nitrogen and oxygen atoms in total. The Morgan fingerprint density at radius 2 is 1.09 bits per heavy atom. The van der Waals surface area contributed by atoms with Gasteiger partial charge in [-0.15, -0.1) is 104 Å². The predicted octanol–water partition coefficient (Wildman–Crippen LogP) is -0.884. The maximum atomic E-state index is 3.76. The average Bonchev–Trinajstić information content (AvgIpc) is 3.31. The molecule has 0 N–H and O–H groups in total. The zero-order valence-electron chi connectivity index (χ0n) is 18.0. The Morgan fingerprint density at radius 3 is 1.53 bits per heavy atom. The van der Waals surface area contributed by atoms with Crippen LogP contribution in [0.15, 0.2) is 96.2 Å². The predicted molar refractivity (Wildman–Crippen MR) is 123 cm³/mol. The molecule has 2 unspecified atom stereocenters. The maximum Gasteiger partial charge on any atom is 4.00 e. The van der Waals surface area contributed by atoms with E-state index in [9.17, 15) is 0 Å². The number of halogens is 2. The van der Waals surface area contributed by atoms with Gasteiger partial charge in [0.1, 0.15) is 0 Å². The Hall–Kier alpha value is -1.44. The van der Waals surface area contributed by atoms with Crippen molar-refractivity contribution in [1.29, 1.82) is 0 Å². The minimum atomic E-state index is -1.95. The summed E-state index contributed by atoms with van der Waals surface area (Å²) in [5, 5.41) is 2.97. The molecule has 0 aromatic heterocycles. The normalized spacial score (nSPS) is 20.6. The van der Waals surface area contributed by atoms with E-state index in [-0.39, 0.29) is 51.0 Å². The smallest absolute Gasteiger partial charge is 1.00 e. The van der Waals surface area contributed by atoms with Gasteiger partial charge in [-0.25, -0.2) is 0 Å². The first-order valence-corrected chi connectivity index (χ1v) is 13.4. The third-order valence-electron chi connectivity index (χ3n) is 6.80. The summed E-state index contributed by atoms with van der Waals surface area (Å²) in [5.74, 6) is 0.737. The third kappa shape index (κ3) is 3.70. The van der Waals surface area contributed by atoms with E-state index < -0.39 is 8.07 Å². The second-order valence-electron chi connectivity index (χ2n) is 8.77. The van der Waals surface area contributed by atoms with Crippen molar-refractivity contribution in [3.63, 3.8) is 0 Å². The molecule has 0 saturated heterocycles. The molecule has 2 atom stereocenters. The van der Waals surface area contributed by atoms with E-state index in [4.69, 9.17) is 0 Å². The number of hydrogen-bond donors (Lipinski definition) is 0. The number of allylic oxidation sites excluding steroid dienone is 10. The Bertz CT molecular complexity index is 1150. The summed E-state index contributed by atoms with van der Waals surface area (Å²) >= 11 is 0. The largest absolute Gasteiger partial charge is 4.00 e. The fourth-order valence-corrected chi connectivity index (χ4v) is 8.26. The molecule has 4 aliphatic carbocycles. The summed E-state index contributed by atoms with van der Waals surface area (Å²) in [4.78, 5) is 0. The Labute approximate surface area is 223 Å². The van der Waals surface area contributed by atoms with E-state index in [1.165, 1.54) is 43.8 Å². The maximum absolute atomic E-state index is 3.76. The summed E-state index contributed by atoms with van der Waals surface area (Å²) in [5.41, 5.74) is 8.09. The van der Waals surface area contributed by atoms with Gasteiger partial charge in [0.2, 0.25) is 0 Å². The van der Waals surface area contributed by atoms with Crippen molar-refractivity contribution in [1.82, 2.24) is 0 Å².